The van der Waals surface area contributed by atoms with Crippen LogP contribution in [0.1, 0.15) is 54.9 Å². The van der Waals surface area contributed by atoms with Crippen LogP contribution < -0.4 is 5.73 Å². The van der Waals surface area contributed by atoms with Crippen molar-refractivity contribution in [3.63, 3.8) is 0 Å². The fourth-order valence-electron chi connectivity index (χ4n) is 3.92. The van der Waals surface area contributed by atoms with Crippen LogP contribution >= 0.6 is 0 Å². The molecule has 3 N–H and O–H groups in total. The number of ether oxygens (including phenoxy) is 1. The average molecular weight is 275 g/mol. The lowest BCUT2D eigenvalue weighted by atomic mass is 9.79. The van der Waals surface area contributed by atoms with Gasteiger partial charge >= 0.3 is 0 Å². The maximum Gasteiger partial charge on any atom is 0.119 e. The molecule has 0 amide bonds. The van der Waals surface area contributed by atoms with Gasteiger partial charge in [0.15, 0.2) is 0 Å². The summed E-state index contributed by atoms with van der Waals surface area (Å²) in [7, 11) is 0. The number of phenols is 1. The predicted octanol–water partition coefficient (Wildman–Crippen LogP) is 3.22. The van der Waals surface area contributed by atoms with E-state index in [0.717, 1.165) is 17.5 Å². The van der Waals surface area contributed by atoms with Gasteiger partial charge in [0, 0.05) is 18.5 Å². The first-order valence-electron chi connectivity index (χ1n) is 7.87. The van der Waals surface area contributed by atoms with E-state index in [0.29, 0.717) is 18.2 Å². The van der Waals surface area contributed by atoms with Gasteiger partial charge < -0.3 is 15.6 Å². The summed E-state index contributed by atoms with van der Waals surface area (Å²) in [6, 6.07) is 3.77. The van der Waals surface area contributed by atoms with Crippen molar-refractivity contribution in [2.45, 2.75) is 57.7 Å². The molecule has 1 aliphatic heterocycles. The fourth-order valence-corrected chi connectivity index (χ4v) is 3.92. The molecule has 1 aromatic rings. The molecule has 1 aliphatic carbocycles. The van der Waals surface area contributed by atoms with Gasteiger partial charge in [-0.1, -0.05) is 25.3 Å². The number of hydrogen-bond acceptors (Lipinski definition) is 3. The Morgan fingerprint density at radius 2 is 2.00 bits per heavy atom. The molecule has 3 rings (SSSR count). The third-order valence-corrected chi connectivity index (χ3v) is 5.01. The minimum Gasteiger partial charge on any atom is -0.508 e. The number of nitrogens with two attached hydrogens (primary N) is 1. The Hall–Kier alpha value is -1.06. The van der Waals surface area contributed by atoms with Crippen LogP contribution in [-0.4, -0.2) is 17.8 Å². The maximum atomic E-state index is 10.2. The van der Waals surface area contributed by atoms with Gasteiger partial charge in [-0.3, -0.25) is 0 Å². The minimum absolute atomic E-state index is 0.0576. The van der Waals surface area contributed by atoms with Gasteiger partial charge in [-0.05, 0) is 42.9 Å². The molecular formula is C17H25NO2. The van der Waals surface area contributed by atoms with Crippen molar-refractivity contribution in [2.75, 3.05) is 6.54 Å². The first-order chi connectivity index (χ1) is 9.70. The van der Waals surface area contributed by atoms with E-state index in [9.17, 15) is 5.11 Å². The first kappa shape index (κ1) is 13.9. The van der Waals surface area contributed by atoms with Gasteiger partial charge in [-0.2, -0.15) is 0 Å². The monoisotopic (exact) mass is 275 g/mol. The number of rotatable bonds is 2. The van der Waals surface area contributed by atoms with E-state index in [1.54, 1.807) is 0 Å². The molecule has 20 heavy (non-hydrogen) atoms. The lowest BCUT2D eigenvalue weighted by Crippen LogP contribution is -2.36. The van der Waals surface area contributed by atoms with Crippen LogP contribution in [0.4, 0.5) is 0 Å². The molecular weight excluding hydrogens is 250 g/mol. The maximum absolute atomic E-state index is 10.2. The number of aromatic hydroxyl groups is 1. The quantitative estimate of drug-likeness (QED) is 0.871. The molecule has 1 fully saturated rings. The van der Waals surface area contributed by atoms with Crippen LogP contribution in [0.5, 0.6) is 5.75 Å². The lowest BCUT2D eigenvalue weighted by molar-refractivity contribution is -0.0597. The molecule has 0 radical (unpaired) electrons. The molecule has 2 aliphatic rings. The Kier molecular flexibility index (Phi) is 3.99. The second-order valence-electron chi connectivity index (χ2n) is 6.29. The third kappa shape index (κ3) is 2.45. The Morgan fingerprint density at radius 1 is 1.25 bits per heavy atom. The van der Waals surface area contributed by atoms with Crippen molar-refractivity contribution < 1.29 is 9.84 Å². The number of fused-ring (bicyclic) bond motifs is 1. The molecule has 2 atom stereocenters. The summed E-state index contributed by atoms with van der Waals surface area (Å²) in [6.45, 7) is 2.56. The molecule has 3 nitrogen and oxygen atoms in total. The van der Waals surface area contributed by atoms with Crippen molar-refractivity contribution in [3.05, 3.63) is 28.8 Å². The topological polar surface area (TPSA) is 55.5 Å². The van der Waals surface area contributed by atoms with Crippen LogP contribution in [0.2, 0.25) is 0 Å². The zero-order valence-electron chi connectivity index (χ0n) is 12.3. The van der Waals surface area contributed by atoms with Crippen molar-refractivity contribution >= 4 is 0 Å². The van der Waals surface area contributed by atoms with Gasteiger partial charge in [0.2, 0.25) is 0 Å². The van der Waals surface area contributed by atoms with Crippen LogP contribution in [0.15, 0.2) is 12.1 Å². The highest BCUT2D eigenvalue weighted by Crippen LogP contribution is 2.41. The zero-order valence-corrected chi connectivity index (χ0v) is 12.3. The molecule has 0 spiro atoms. The van der Waals surface area contributed by atoms with Crippen LogP contribution in [0.25, 0.3) is 0 Å². The average Bonchev–Trinajstić information content (AvgIpc) is 2.51. The van der Waals surface area contributed by atoms with E-state index in [-0.39, 0.29) is 12.2 Å². The summed E-state index contributed by atoms with van der Waals surface area (Å²) >= 11 is 0. The molecule has 0 aromatic heterocycles. The van der Waals surface area contributed by atoms with E-state index >= 15 is 0 Å². The second-order valence-corrected chi connectivity index (χ2v) is 6.29. The summed E-state index contributed by atoms with van der Waals surface area (Å²) in [5.41, 5.74) is 9.29. The van der Waals surface area contributed by atoms with Gasteiger partial charge in [-0.15, -0.1) is 0 Å². The smallest absolute Gasteiger partial charge is 0.119 e. The highest BCUT2D eigenvalue weighted by molar-refractivity contribution is 5.47. The van der Waals surface area contributed by atoms with Gasteiger partial charge in [0.1, 0.15) is 5.75 Å². The number of hydrogen-bond donors (Lipinski definition) is 2. The summed E-state index contributed by atoms with van der Waals surface area (Å²) in [5.74, 6) is 1.04. The molecule has 0 saturated heterocycles. The highest BCUT2D eigenvalue weighted by atomic mass is 16.5. The van der Waals surface area contributed by atoms with Crippen molar-refractivity contribution in [1.82, 2.24) is 0 Å². The zero-order chi connectivity index (χ0) is 14.1. The molecule has 2 unspecified atom stereocenters. The van der Waals surface area contributed by atoms with E-state index in [1.807, 2.05) is 12.1 Å². The Morgan fingerprint density at radius 3 is 2.70 bits per heavy atom. The van der Waals surface area contributed by atoms with E-state index < -0.39 is 0 Å². The van der Waals surface area contributed by atoms with E-state index in [4.69, 9.17) is 10.5 Å². The standard InChI is InChI=1S/C17H25NO2/c1-11-7-8-14(19)13-9-15(12-5-3-2-4-6-12)20-16(10-18)17(11)13/h7-8,12,15-16,19H,2-6,9-10,18H2,1H3. The van der Waals surface area contributed by atoms with Crippen molar-refractivity contribution in [2.24, 2.45) is 11.7 Å². The summed E-state index contributed by atoms with van der Waals surface area (Å²) in [4.78, 5) is 0. The molecule has 110 valence electrons. The normalized spacial score (nSPS) is 27.3. The third-order valence-electron chi connectivity index (χ3n) is 5.01. The lowest BCUT2D eigenvalue weighted by Gasteiger charge is -2.38. The largest absolute Gasteiger partial charge is 0.508 e. The minimum atomic E-state index is -0.0576. The van der Waals surface area contributed by atoms with Gasteiger partial charge in [0.25, 0.3) is 0 Å². The highest BCUT2D eigenvalue weighted by Gasteiger charge is 2.34. The summed E-state index contributed by atoms with van der Waals surface area (Å²) in [5, 5.41) is 10.2. The Bertz CT molecular complexity index is 480. The SMILES string of the molecule is Cc1ccc(O)c2c1C(CN)OC(C1CCCCC1)C2. The van der Waals surface area contributed by atoms with Crippen molar-refractivity contribution in [1.29, 1.82) is 0 Å². The van der Waals surface area contributed by atoms with E-state index in [2.05, 4.69) is 6.92 Å². The fraction of sp³-hybridized carbons (Fsp3) is 0.647. The number of aryl methyl sites for hydroxylation is 1. The van der Waals surface area contributed by atoms with Gasteiger partial charge in [0.05, 0.1) is 12.2 Å². The van der Waals surface area contributed by atoms with Crippen molar-refractivity contribution in [3.8, 4) is 5.75 Å². The number of benzene rings is 1. The molecule has 1 saturated carbocycles. The number of phenolic OH excluding ortho intramolecular Hbond substituents is 1. The predicted molar refractivity (Wildman–Crippen MR) is 79.8 cm³/mol. The van der Waals surface area contributed by atoms with Crippen LogP contribution in [0.3, 0.4) is 0 Å². The second kappa shape index (κ2) is 5.74. The summed E-state index contributed by atoms with van der Waals surface area (Å²) in [6.07, 6.45) is 7.49. The molecule has 0 bridgehead atoms. The first-order valence-corrected chi connectivity index (χ1v) is 7.87. The Labute approximate surface area is 121 Å². The Balaban J connectivity index is 1.91. The van der Waals surface area contributed by atoms with Gasteiger partial charge in [-0.25, -0.2) is 0 Å². The molecule has 1 heterocycles. The molecule has 3 heteroatoms. The van der Waals surface area contributed by atoms with Crippen LogP contribution in [-0.2, 0) is 11.2 Å². The molecule has 1 aromatic carbocycles. The van der Waals surface area contributed by atoms with Crippen LogP contribution in [0, 0.1) is 12.8 Å². The van der Waals surface area contributed by atoms with E-state index in [1.165, 1.54) is 37.7 Å². The summed E-state index contributed by atoms with van der Waals surface area (Å²) < 4.78 is 6.30.